The van der Waals surface area contributed by atoms with Gasteiger partial charge in [0.15, 0.2) is 5.13 Å². The van der Waals surface area contributed by atoms with Crippen molar-refractivity contribution in [2.45, 2.75) is 13.8 Å². The lowest BCUT2D eigenvalue weighted by molar-refractivity contribution is 0.171. The van der Waals surface area contributed by atoms with Gasteiger partial charge in [-0.05, 0) is 12.1 Å². The van der Waals surface area contributed by atoms with E-state index in [1.165, 1.54) is 4.70 Å². The number of hydrogen-bond donors (Lipinski definition) is 2. The number of aromatic nitrogens is 1. The average Bonchev–Trinajstić information content (AvgIpc) is 2.69. The van der Waals surface area contributed by atoms with Crippen LogP contribution in [0.4, 0.5) is 5.13 Å². The fraction of sp³-hybridized carbons (Fsp3) is 0.417. The number of aliphatic hydroxyl groups is 1. The highest BCUT2D eigenvalue weighted by molar-refractivity contribution is 7.22. The van der Waals surface area contributed by atoms with Crippen LogP contribution in [0.3, 0.4) is 0 Å². The van der Waals surface area contributed by atoms with E-state index in [9.17, 15) is 0 Å². The second kappa shape index (κ2) is 4.39. The summed E-state index contributed by atoms with van der Waals surface area (Å²) in [6, 6.07) is 8.08. The second-order valence-electron chi connectivity index (χ2n) is 4.66. The van der Waals surface area contributed by atoms with E-state index in [1.54, 1.807) is 11.3 Å². The Bertz CT molecular complexity index is 446. The van der Waals surface area contributed by atoms with Gasteiger partial charge >= 0.3 is 0 Å². The number of fused-ring (bicyclic) bond motifs is 1. The Morgan fingerprint density at radius 3 is 2.81 bits per heavy atom. The van der Waals surface area contributed by atoms with Crippen molar-refractivity contribution in [1.29, 1.82) is 0 Å². The van der Waals surface area contributed by atoms with Crippen LogP contribution in [-0.2, 0) is 0 Å². The van der Waals surface area contributed by atoms with Crippen LogP contribution in [0, 0.1) is 5.41 Å². The van der Waals surface area contributed by atoms with Crippen molar-refractivity contribution in [3.63, 3.8) is 0 Å². The predicted molar refractivity (Wildman–Crippen MR) is 69.0 cm³/mol. The summed E-state index contributed by atoms with van der Waals surface area (Å²) in [5.74, 6) is 0. The molecule has 4 heteroatoms. The van der Waals surface area contributed by atoms with E-state index in [0.717, 1.165) is 17.2 Å². The third-order valence-electron chi connectivity index (χ3n) is 2.44. The first-order valence-electron chi connectivity index (χ1n) is 5.31. The highest BCUT2D eigenvalue weighted by atomic mass is 32.1. The fourth-order valence-electron chi connectivity index (χ4n) is 1.32. The maximum atomic E-state index is 9.15. The lowest BCUT2D eigenvalue weighted by Gasteiger charge is -2.21. The van der Waals surface area contributed by atoms with Gasteiger partial charge in [-0.3, -0.25) is 0 Å². The van der Waals surface area contributed by atoms with Crippen LogP contribution >= 0.6 is 11.3 Å². The molecule has 2 rings (SSSR count). The molecule has 0 aliphatic carbocycles. The Hall–Kier alpha value is -1.13. The molecule has 0 aliphatic heterocycles. The SMILES string of the molecule is CC(C)(CO)CNc1nc2ccccc2s1. The predicted octanol–water partition coefficient (Wildman–Crippen LogP) is 2.73. The Balaban J connectivity index is 2.10. The first-order valence-corrected chi connectivity index (χ1v) is 6.13. The van der Waals surface area contributed by atoms with Crippen molar-refractivity contribution in [2.24, 2.45) is 5.41 Å². The molecule has 0 atom stereocenters. The number of nitrogens with zero attached hydrogens (tertiary/aromatic N) is 1. The number of hydrogen-bond acceptors (Lipinski definition) is 4. The molecule has 1 heterocycles. The van der Waals surface area contributed by atoms with E-state index >= 15 is 0 Å². The molecule has 0 bridgehead atoms. The number of para-hydroxylation sites is 1. The maximum Gasteiger partial charge on any atom is 0.183 e. The van der Waals surface area contributed by atoms with Crippen LogP contribution < -0.4 is 5.32 Å². The van der Waals surface area contributed by atoms with Crippen molar-refractivity contribution in [3.8, 4) is 0 Å². The fourth-order valence-corrected chi connectivity index (χ4v) is 2.18. The van der Waals surface area contributed by atoms with Crippen LogP contribution in [-0.4, -0.2) is 23.2 Å². The minimum Gasteiger partial charge on any atom is -0.396 e. The molecule has 0 saturated heterocycles. The minimum absolute atomic E-state index is 0.113. The number of nitrogens with one attached hydrogen (secondary N) is 1. The normalized spacial score (nSPS) is 11.9. The molecule has 16 heavy (non-hydrogen) atoms. The van der Waals surface area contributed by atoms with Gasteiger partial charge in [-0.25, -0.2) is 4.98 Å². The zero-order chi connectivity index (χ0) is 11.6. The van der Waals surface area contributed by atoms with Crippen LogP contribution in [0.1, 0.15) is 13.8 Å². The molecular weight excluding hydrogens is 220 g/mol. The van der Waals surface area contributed by atoms with E-state index in [1.807, 2.05) is 32.0 Å². The standard InChI is InChI=1S/C12H16N2OS/c1-12(2,8-15)7-13-11-14-9-5-3-4-6-10(9)16-11/h3-6,15H,7-8H2,1-2H3,(H,13,14). The Kier molecular flexibility index (Phi) is 3.12. The van der Waals surface area contributed by atoms with Crippen LogP contribution in [0.15, 0.2) is 24.3 Å². The summed E-state index contributed by atoms with van der Waals surface area (Å²) in [6.07, 6.45) is 0. The van der Waals surface area contributed by atoms with Gasteiger partial charge in [0.05, 0.1) is 10.2 Å². The highest BCUT2D eigenvalue weighted by Gasteiger charge is 2.16. The molecule has 0 unspecified atom stereocenters. The smallest absolute Gasteiger partial charge is 0.183 e. The largest absolute Gasteiger partial charge is 0.396 e. The maximum absolute atomic E-state index is 9.15. The van der Waals surface area contributed by atoms with Crippen molar-refractivity contribution < 1.29 is 5.11 Å². The molecule has 1 aromatic heterocycles. The first kappa shape index (κ1) is 11.4. The monoisotopic (exact) mass is 236 g/mol. The lowest BCUT2D eigenvalue weighted by Crippen LogP contribution is -2.26. The van der Waals surface area contributed by atoms with Gasteiger partial charge < -0.3 is 10.4 Å². The molecule has 0 amide bonds. The van der Waals surface area contributed by atoms with Gasteiger partial charge in [-0.1, -0.05) is 37.3 Å². The van der Waals surface area contributed by atoms with Gasteiger partial charge in [0.2, 0.25) is 0 Å². The van der Waals surface area contributed by atoms with Gasteiger partial charge in [-0.2, -0.15) is 0 Å². The molecular formula is C12H16N2OS. The van der Waals surface area contributed by atoms with E-state index in [4.69, 9.17) is 5.11 Å². The Labute approximate surface area is 99.1 Å². The number of thiazole rings is 1. The Morgan fingerprint density at radius 2 is 2.12 bits per heavy atom. The van der Waals surface area contributed by atoms with Crippen LogP contribution in [0.25, 0.3) is 10.2 Å². The zero-order valence-electron chi connectivity index (χ0n) is 9.53. The molecule has 1 aromatic carbocycles. The lowest BCUT2D eigenvalue weighted by atomic mass is 9.95. The summed E-state index contributed by atoms with van der Waals surface area (Å²) < 4.78 is 1.19. The zero-order valence-corrected chi connectivity index (χ0v) is 10.3. The summed E-state index contributed by atoms with van der Waals surface area (Å²) in [6.45, 7) is 4.94. The molecule has 86 valence electrons. The number of benzene rings is 1. The van der Waals surface area contributed by atoms with Crippen molar-refractivity contribution in [2.75, 3.05) is 18.5 Å². The molecule has 0 fully saturated rings. The topological polar surface area (TPSA) is 45.1 Å². The summed E-state index contributed by atoms with van der Waals surface area (Å²) in [5, 5.41) is 13.3. The van der Waals surface area contributed by atoms with Gasteiger partial charge in [-0.15, -0.1) is 0 Å². The van der Waals surface area contributed by atoms with E-state index in [0.29, 0.717) is 0 Å². The molecule has 0 radical (unpaired) electrons. The van der Waals surface area contributed by atoms with E-state index in [-0.39, 0.29) is 12.0 Å². The average molecular weight is 236 g/mol. The summed E-state index contributed by atoms with van der Waals surface area (Å²) in [7, 11) is 0. The van der Waals surface area contributed by atoms with Gasteiger partial charge in [0, 0.05) is 18.6 Å². The molecule has 2 N–H and O–H groups in total. The molecule has 0 spiro atoms. The molecule has 2 aromatic rings. The Morgan fingerprint density at radius 1 is 1.38 bits per heavy atom. The van der Waals surface area contributed by atoms with Crippen molar-refractivity contribution >= 4 is 26.7 Å². The van der Waals surface area contributed by atoms with Crippen molar-refractivity contribution in [1.82, 2.24) is 4.98 Å². The summed E-state index contributed by atoms with van der Waals surface area (Å²) in [4.78, 5) is 4.48. The van der Waals surface area contributed by atoms with Crippen LogP contribution in [0.5, 0.6) is 0 Å². The van der Waals surface area contributed by atoms with Crippen LogP contribution in [0.2, 0.25) is 0 Å². The summed E-state index contributed by atoms with van der Waals surface area (Å²) in [5.41, 5.74) is 0.912. The van der Waals surface area contributed by atoms with Crippen molar-refractivity contribution in [3.05, 3.63) is 24.3 Å². The quantitative estimate of drug-likeness (QED) is 0.858. The second-order valence-corrected chi connectivity index (χ2v) is 5.69. The summed E-state index contributed by atoms with van der Waals surface area (Å²) >= 11 is 1.64. The molecule has 0 aliphatic rings. The van der Waals surface area contributed by atoms with Gasteiger partial charge in [0.25, 0.3) is 0 Å². The number of aliphatic hydroxyl groups excluding tert-OH is 1. The molecule has 3 nitrogen and oxygen atoms in total. The third-order valence-corrected chi connectivity index (χ3v) is 3.43. The van der Waals surface area contributed by atoms with E-state index in [2.05, 4.69) is 16.4 Å². The number of anilines is 1. The van der Waals surface area contributed by atoms with Gasteiger partial charge in [0.1, 0.15) is 0 Å². The first-order chi connectivity index (χ1) is 7.61. The minimum atomic E-state index is -0.113. The highest BCUT2D eigenvalue weighted by Crippen LogP contribution is 2.26. The molecule has 0 saturated carbocycles. The van der Waals surface area contributed by atoms with E-state index < -0.39 is 0 Å². The number of rotatable bonds is 4. The third kappa shape index (κ3) is 2.51.